The number of nitrogens with zero attached hydrogens (tertiary/aromatic N) is 1. The van der Waals surface area contributed by atoms with Gasteiger partial charge in [0.15, 0.2) is 0 Å². The van der Waals surface area contributed by atoms with Crippen molar-refractivity contribution < 1.29 is 33.7 Å². The van der Waals surface area contributed by atoms with E-state index in [1.165, 1.54) is 61.8 Å². The summed E-state index contributed by atoms with van der Waals surface area (Å²) in [7, 11) is 8.73. The molecule has 3 aromatic rings. The molecule has 44 heavy (non-hydrogen) atoms. The molecule has 0 heterocycles. The van der Waals surface area contributed by atoms with Crippen LogP contribution in [0.3, 0.4) is 0 Å². The van der Waals surface area contributed by atoms with Crippen LogP contribution in [0.1, 0.15) is 85.9 Å². The van der Waals surface area contributed by atoms with Crippen molar-refractivity contribution in [1.82, 2.24) is 0 Å². The third kappa shape index (κ3) is 12.6. The van der Waals surface area contributed by atoms with Crippen LogP contribution in [0.15, 0.2) is 66.7 Å². The van der Waals surface area contributed by atoms with Gasteiger partial charge in [0.1, 0.15) is 18.9 Å². The molecule has 5 heteroatoms. The van der Waals surface area contributed by atoms with Gasteiger partial charge in [-0.25, -0.2) is 0 Å². The van der Waals surface area contributed by atoms with Crippen LogP contribution in [0.25, 0.3) is 27.6 Å². The SMILES string of the molecule is CC(C)[N-]C(=[NH+]C(C)C)c1c(-c2ccc(C(C)(C)C)cc2)cccc1-c1ccc(C(C)(C)C)cc1.C[NH+](C)CC[NH+](C)C.[Li+]. The minimum absolute atomic E-state index is 0. The van der Waals surface area contributed by atoms with Gasteiger partial charge < -0.3 is 14.8 Å². The number of benzene rings is 3. The minimum Gasteiger partial charge on any atom is -0.368 e. The molecular weight excluding hydrogens is 531 g/mol. The van der Waals surface area contributed by atoms with Crippen molar-refractivity contribution in [2.24, 2.45) is 0 Å². The topological polar surface area (TPSA) is 36.9 Å². The molecule has 0 saturated heterocycles. The Morgan fingerprint density at radius 3 is 1.27 bits per heavy atom. The number of amidine groups is 1. The molecule has 0 aliphatic heterocycles. The van der Waals surface area contributed by atoms with E-state index in [-0.39, 0.29) is 41.8 Å². The molecule has 0 fully saturated rings. The second kappa shape index (κ2) is 17.4. The Morgan fingerprint density at radius 1 is 0.636 bits per heavy atom. The molecular formula is C39H62LiN4+3. The van der Waals surface area contributed by atoms with Crippen LogP contribution >= 0.6 is 0 Å². The molecule has 3 aromatic carbocycles. The van der Waals surface area contributed by atoms with Gasteiger partial charge in [-0.15, -0.1) is 0 Å². The van der Waals surface area contributed by atoms with E-state index < -0.39 is 0 Å². The fraction of sp³-hybridized carbons (Fsp3) is 0.513. The van der Waals surface area contributed by atoms with Gasteiger partial charge in [-0.1, -0.05) is 108 Å². The minimum atomic E-state index is 0. The third-order valence-corrected chi connectivity index (χ3v) is 7.36. The molecule has 0 saturated carbocycles. The van der Waals surface area contributed by atoms with Crippen molar-refractivity contribution in [2.45, 2.75) is 92.2 Å². The molecule has 3 N–H and O–H groups in total. The van der Waals surface area contributed by atoms with Crippen LogP contribution < -0.4 is 33.7 Å². The van der Waals surface area contributed by atoms with Gasteiger partial charge >= 0.3 is 18.9 Å². The summed E-state index contributed by atoms with van der Waals surface area (Å²) in [5.41, 5.74) is 8.93. The van der Waals surface area contributed by atoms with E-state index in [0.29, 0.717) is 0 Å². The van der Waals surface area contributed by atoms with Gasteiger partial charge in [0.2, 0.25) is 0 Å². The van der Waals surface area contributed by atoms with Gasteiger partial charge in [0.05, 0.1) is 28.2 Å². The van der Waals surface area contributed by atoms with Crippen LogP contribution in [-0.2, 0) is 10.8 Å². The number of rotatable bonds is 8. The summed E-state index contributed by atoms with van der Waals surface area (Å²) in [5.74, 6) is 0.959. The van der Waals surface area contributed by atoms with Gasteiger partial charge in [0.25, 0.3) is 0 Å². The maximum absolute atomic E-state index is 5.08. The predicted octanol–water partition coefficient (Wildman–Crippen LogP) is 1.91. The first-order valence-electron chi connectivity index (χ1n) is 16.2. The summed E-state index contributed by atoms with van der Waals surface area (Å²) in [6.45, 7) is 24.7. The Kier molecular flexibility index (Phi) is 15.7. The molecule has 0 unspecified atom stereocenters. The smallest absolute Gasteiger partial charge is 0.368 e. The zero-order valence-electron chi connectivity index (χ0n) is 30.9. The van der Waals surface area contributed by atoms with Crippen molar-refractivity contribution >= 4 is 5.84 Å². The Hall–Kier alpha value is -2.35. The van der Waals surface area contributed by atoms with Crippen molar-refractivity contribution in [2.75, 3.05) is 41.3 Å². The first kappa shape index (κ1) is 39.7. The standard InChI is InChI=1S/C33H43N2.C6H16N2.Li/c1-22(2)34-31(35-23(3)4)30-28(24-14-18-26(19-15-24)32(5,6)7)12-11-13-29(30)25-16-20-27(21-17-25)33(8,9)10;1-7(2)5-6-8(3)4;/h11-23H,1-10H3;5-6H2,1-4H3;/q-1;;+1/p+3. The summed E-state index contributed by atoms with van der Waals surface area (Å²) in [6, 6.07) is 25.2. The summed E-state index contributed by atoms with van der Waals surface area (Å²) in [5, 5.41) is 5.08. The summed E-state index contributed by atoms with van der Waals surface area (Å²) in [6.07, 6.45) is 0. The Balaban J connectivity index is 0.000000947. The van der Waals surface area contributed by atoms with E-state index in [9.17, 15) is 0 Å². The van der Waals surface area contributed by atoms with E-state index in [2.05, 4.69) is 169 Å². The molecule has 0 aliphatic carbocycles. The van der Waals surface area contributed by atoms with Crippen molar-refractivity contribution in [1.29, 1.82) is 0 Å². The van der Waals surface area contributed by atoms with Gasteiger partial charge in [0, 0.05) is 17.6 Å². The average molecular weight is 594 g/mol. The maximum atomic E-state index is 5.08. The van der Waals surface area contributed by atoms with Crippen LogP contribution in [0.4, 0.5) is 0 Å². The number of nitrogens with one attached hydrogen (secondary N) is 3. The normalized spacial score (nSPS) is 12.4. The second-order valence-corrected chi connectivity index (χ2v) is 15.2. The first-order valence-corrected chi connectivity index (χ1v) is 16.2. The molecule has 0 aromatic heterocycles. The van der Waals surface area contributed by atoms with Crippen molar-refractivity contribution in [3.05, 3.63) is 88.7 Å². The molecule has 0 atom stereocenters. The average Bonchev–Trinajstić information content (AvgIpc) is 2.90. The Labute approximate surface area is 282 Å². The van der Waals surface area contributed by atoms with E-state index in [1.54, 1.807) is 0 Å². The van der Waals surface area contributed by atoms with E-state index in [1.807, 2.05) is 0 Å². The molecule has 0 aliphatic rings. The van der Waals surface area contributed by atoms with Gasteiger partial charge in [-0.2, -0.15) is 0 Å². The van der Waals surface area contributed by atoms with Gasteiger partial charge in [-0.3, -0.25) is 5.32 Å². The van der Waals surface area contributed by atoms with E-state index >= 15 is 0 Å². The van der Waals surface area contributed by atoms with E-state index in [0.717, 1.165) is 5.84 Å². The third-order valence-electron chi connectivity index (χ3n) is 7.36. The van der Waals surface area contributed by atoms with Gasteiger partial charge in [-0.05, 0) is 71.9 Å². The molecule has 0 amide bonds. The summed E-state index contributed by atoms with van der Waals surface area (Å²) < 4.78 is 0. The zero-order chi connectivity index (χ0) is 32.5. The quantitative estimate of drug-likeness (QED) is 0.203. The molecule has 236 valence electrons. The van der Waals surface area contributed by atoms with Crippen LogP contribution in [-0.4, -0.2) is 59.2 Å². The first-order chi connectivity index (χ1) is 19.9. The number of hydrogen-bond acceptors (Lipinski definition) is 0. The molecule has 4 nitrogen and oxygen atoms in total. The largest absolute Gasteiger partial charge is 1.00 e. The fourth-order valence-electron chi connectivity index (χ4n) is 4.79. The zero-order valence-corrected chi connectivity index (χ0v) is 30.9. The Morgan fingerprint density at radius 2 is 1.00 bits per heavy atom. The van der Waals surface area contributed by atoms with Crippen LogP contribution in [0, 0.1) is 0 Å². The van der Waals surface area contributed by atoms with Crippen LogP contribution in [0.2, 0.25) is 0 Å². The molecule has 0 spiro atoms. The second-order valence-electron chi connectivity index (χ2n) is 15.2. The maximum Gasteiger partial charge on any atom is 1.00 e. The summed E-state index contributed by atoms with van der Waals surface area (Å²) in [4.78, 5) is 6.74. The Bertz CT molecular complexity index is 1210. The monoisotopic (exact) mass is 594 g/mol. The van der Waals surface area contributed by atoms with Crippen molar-refractivity contribution in [3.8, 4) is 22.3 Å². The summed E-state index contributed by atoms with van der Waals surface area (Å²) >= 11 is 0. The van der Waals surface area contributed by atoms with E-state index in [4.69, 9.17) is 5.32 Å². The molecule has 0 radical (unpaired) electrons. The molecule has 3 rings (SSSR count). The van der Waals surface area contributed by atoms with Crippen LogP contribution in [0.5, 0.6) is 0 Å². The fourth-order valence-corrected chi connectivity index (χ4v) is 4.79. The van der Waals surface area contributed by atoms with Crippen molar-refractivity contribution in [3.63, 3.8) is 0 Å². The number of hydrogen-bond donors (Lipinski definition) is 3. The number of quaternary nitrogens is 2. The predicted molar refractivity (Wildman–Crippen MR) is 189 cm³/mol. The molecule has 0 bridgehead atoms. The number of likely N-dealkylation sites (N-methyl/N-ethyl adjacent to an activating group) is 2.